The Kier molecular flexibility index (Phi) is 4.88. The van der Waals surface area contributed by atoms with Gasteiger partial charge in [0.15, 0.2) is 0 Å². The molecule has 4 aliphatic rings. The van der Waals surface area contributed by atoms with Gasteiger partial charge in [0.1, 0.15) is 22.3 Å². The van der Waals surface area contributed by atoms with Gasteiger partial charge in [-0.25, -0.2) is 9.59 Å². The molecule has 2 aliphatic heterocycles. The standard InChI is InChI=1S/C32H40N2O4/c1-27(2)19-29(5)31(7,23-15-11-9-13-21(23)27)33(25(35)37-29)17-18-34-26(36)38-30(6)20-28(3,4)22-14-10-12-16-24(22)32(30,34)8/h9-16H,17-20H2,1-8H3/t29-,30+,31-,32+. The van der Waals surface area contributed by atoms with Crippen molar-refractivity contribution in [2.45, 2.75) is 101 Å². The number of rotatable bonds is 3. The molecule has 2 aliphatic carbocycles. The number of carbonyl (C=O) groups is 2. The number of hydrogen-bond acceptors (Lipinski definition) is 4. The van der Waals surface area contributed by atoms with Crippen LogP contribution in [0, 0.1) is 0 Å². The molecule has 38 heavy (non-hydrogen) atoms. The van der Waals surface area contributed by atoms with E-state index in [1.54, 1.807) is 0 Å². The topological polar surface area (TPSA) is 59.1 Å². The molecule has 2 aromatic rings. The van der Waals surface area contributed by atoms with Crippen LogP contribution in [0.15, 0.2) is 48.5 Å². The molecule has 2 saturated heterocycles. The summed E-state index contributed by atoms with van der Waals surface area (Å²) in [6, 6.07) is 16.8. The third-order valence-electron chi connectivity index (χ3n) is 10.7. The van der Waals surface area contributed by atoms with E-state index in [1.807, 2.05) is 21.9 Å². The van der Waals surface area contributed by atoms with E-state index in [0.717, 1.165) is 24.0 Å². The molecular weight excluding hydrogens is 476 g/mol. The van der Waals surface area contributed by atoms with Crippen molar-refractivity contribution in [2.75, 3.05) is 13.1 Å². The van der Waals surface area contributed by atoms with Crippen LogP contribution in [0.25, 0.3) is 0 Å². The molecule has 6 heteroatoms. The fraction of sp³-hybridized carbons (Fsp3) is 0.562. The Labute approximate surface area is 226 Å². The quantitative estimate of drug-likeness (QED) is 0.461. The van der Waals surface area contributed by atoms with E-state index in [0.29, 0.717) is 13.1 Å². The van der Waals surface area contributed by atoms with Crippen LogP contribution in [0.3, 0.4) is 0 Å². The van der Waals surface area contributed by atoms with Crippen LogP contribution in [0.5, 0.6) is 0 Å². The molecule has 0 unspecified atom stereocenters. The molecule has 2 heterocycles. The van der Waals surface area contributed by atoms with Gasteiger partial charge in [0.05, 0.1) is 0 Å². The summed E-state index contributed by atoms with van der Waals surface area (Å²) in [5.74, 6) is 0. The number of amides is 2. The van der Waals surface area contributed by atoms with E-state index in [4.69, 9.17) is 9.47 Å². The normalized spacial score (nSPS) is 36.1. The Bertz CT molecular complexity index is 1260. The Morgan fingerprint density at radius 3 is 1.24 bits per heavy atom. The van der Waals surface area contributed by atoms with Gasteiger partial charge in [-0.15, -0.1) is 0 Å². The van der Waals surface area contributed by atoms with Gasteiger partial charge in [-0.2, -0.15) is 0 Å². The van der Waals surface area contributed by atoms with Crippen molar-refractivity contribution in [1.29, 1.82) is 0 Å². The summed E-state index contributed by atoms with van der Waals surface area (Å²) in [6.45, 7) is 18.0. The molecule has 0 spiro atoms. The van der Waals surface area contributed by atoms with Crippen LogP contribution in [0.4, 0.5) is 9.59 Å². The highest BCUT2D eigenvalue weighted by Crippen LogP contribution is 2.59. The maximum Gasteiger partial charge on any atom is 0.411 e. The first-order valence-corrected chi connectivity index (χ1v) is 13.8. The van der Waals surface area contributed by atoms with Gasteiger partial charge in [-0.1, -0.05) is 76.2 Å². The van der Waals surface area contributed by atoms with Gasteiger partial charge in [-0.3, -0.25) is 9.80 Å². The van der Waals surface area contributed by atoms with Crippen molar-refractivity contribution >= 4 is 12.2 Å². The summed E-state index contributed by atoms with van der Waals surface area (Å²) in [4.78, 5) is 30.8. The first kappa shape index (κ1) is 25.3. The monoisotopic (exact) mass is 516 g/mol. The Morgan fingerprint density at radius 2 is 0.895 bits per heavy atom. The molecule has 2 fully saturated rings. The summed E-state index contributed by atoms with van der Waals surface area (Å²) in [7, 11) is 0. The summed E-state index contributed by atoms with van der Waals surface area (Å²) in [6.07, 6.45) is 0.792. The number of carbonyl (C=O) groups excluding carboxylic acids is 2. The van der Waals surface area contributed by atoms with Gasteiger partial charge in [0.2, 0.25) is 0 Å². The zero-order chi connectivity index (χ0) is 27.5. The van der Waals surface area contributed by atoms with Crippen LogP contribution in [-0.2, 0) is 31.4 Å². The molecule has 4 atom stereocenters. The lowest BCUT2D eigenvalue weighted by atomic mass is 9.58. The van der Waals surface area contributed by atoms with Crippen molar-refractivity contribution in [3.63, 3.8) is 0 Å². The van der Waals surface area contributed by atoms with E-state index in [2.05, 4.69) is 91.8 Å². The average molecular weight is 517 g/mol. The van der Waals surface area contributed by atoms with Crippen LogP contribution in [0.1, 0.15) is 90.5 Å². The van der Waals surface area contributed by atoms with Crippen LogP contribution < -0.4 is 0 Å². The van der Waals surface area contributed by atoms with E-state index in [-0.39, 0.29) is 23.0 Å². The van der Waals surface area contributed by atoms with Crippen molar-refractivity contribution in [2.24, 2.45) is 0 Å². The summed E-state index contributed by atoms with van der Waals surface area (Å²) >= 11 is 0. The highest BCUT2D eigenvalue weighted by molar-refractivity contribution is 5.76. The van der Waals surface area contributed by atoms with Gasteiger partial charge >= 0.3 is 12.2 Å². The van der Waals surface area contributed by atoms with Gasteiger partial charge in [-0.05, 0) is 73.6 Å². The molecule has 0 aromatic heterocycles. The summed E-state index contributed by atoms with van der Waals surface area (Å²) in [5, 5.41) is 0. The SMILES string of the molecule is CC1(C)C[C@@]2(C)OC(=O)N(CCN3C(=O)O[C@@]4(C)CC(C)(C)c5ccccc5[C@]34C)[C@]2(C)c2ccccc21. The predicted molar refractivity (Wildman–Crippen MR) is 146 cm³/mol. The van der Waals surface area contributed by atoms with Crippen molar-refractivity contribution < 1.29 is 19.1 Å². The Morgan fingerprint density at radius 1 is 0.579 bits per heavy atom. The molecule has 0 saturated carbocycles. The zero-order valence-electron chi connectivity index (χ0n) is 24.0. The molecular formula is C32H40N2O4. The van der Waals surface area contributed by atoms with E-state index in [1.165, 1.54) is 11.1 Å². The van der Waals surface area contributed by atoms with Crippen LogP contribution in [-0.4, -0.2) is 46.3 Å². The number of hydrogen-bond donors (Lipinski definition) is 0. The lowest BCUT2D eigenvalue weighted by molar-refractivity contribution is -0.0368. The van der Waals surface area contributed by atoms with Crippen LogP contribution >= 0.6 is 0 Å². The van der Waals surface area contributed by atoms with Gasteiger partial charge < -0.3 is 9.47 Å². The molecule has 0 N–H and O–H groups in total. The average Bonchev–Trinajstić information content (AvgIpc) is 3.14. The van der Waals surface area contributed by atoms with Crippen molar-refractivity contribution in [1.82, 2.24) is 9.80 Å². The molecule has 2 amide bonds. The number of ether oxygens (including phenoxy) is 2. The van der Waals surface area contributed by atoms with Gasteiger partial charge in [0.25, 0.3) is 0 Å². The van der Waals surface area contributed by atoms with Crippen molar-refractivity contribution in [3.8, 4) is 0 Å². The first-order chi connectivity index (χ1) is 17.6. The predicted octanol–water partition coefficient (Wildman–Crippen LogP) is 6.60. The smallest absolute Gasteiger partial charge is 0.411 e. The molecule has 0 bridgehead atoms. The maximum atomic E-state index is 13.5. The number of benzene rings is 2. The van der Waals surface area contributed by atoms with E-state index < -0.39 is 22.3 Å². The fourth-order valence-corrected chi connectivity index (χ4v) is 8.61. The summed E-state index contributed by atoms with van der Waals surface area (Å²) < 4.78 is 12.4. The molecule has 6 nitrogen and oxygen atoms in total. The molecule has 0 radical (unpaired) electrons. The fourth-order valence-electron chi connectivity index (χ4n) is 8.61. The minimum Gasteiger partial charge on any atom is -0.440 e. The number of fused-ring (bicyclic) bond motifs is 6. The Balaban J connectivity index is 1.40. The maximum absolute atomic E-state index is 13.5. The highest BCUT2D eigenvalue weighted by Gasteiger charge is 2.68. The lowest BCUT2D eigenvalue weighted by Gasteiger charge is -2.53. The number of nitrogens with zero attached hydrogens (tertiary/aromatic N) is 2. The minimum absolute atomic E-state index is 0.131. The Hall–Kier alpha value is -3.02. The second-order valence-corrected chi connectivity index (χ2v) is 13.9. The zero-order valence-corrected chi connectivity index (χ0v) is 24.0. The van der Waals surface area contributed by atoms with Crippen molar-refractivity contribution in [3.05, 3.63) is 70.8 Å². The first-order valence-electron chi connectivity index (χ1n) is 13.8. The lowest BCUT2D eigenvalue weighted by Crippen LogP contribution is -2.61. The summed E-state index contributed by atoms with van der Waals surface area (Å²) in [5.41, 5.74) is 1.78. The molecule has 2 aromatic carbocycles. The second-order valence-electron chi connectivity index (χ2n) is 13.9. The molecule has 202 valence electrons. The van der Waals surface area contributed by atoms with Gasteiger partial charge in [0, 0.05) is 13.1 Å². The third-order valence-corrected chi connectivity index (χ3v) is 10.7. The third kappa shape index (κ3) is 2.89. The van der Waals surface area contributed by atoms with E-state index >= 15 is 0 Å². The minimum atomic E-state index is -0.687. The van der Waals surface area contributed by atoms with E-state index in [9.17, 15) is 9.59 Å². The largest absolute Gasteiger partial charge is 0.440 e. The second kappa shape index (κ2) is 7.34. The molecule has 6 rings (SSSR count). The van der Waals surface area contributed by atoms with Crippen LogP contribution in [0.2, 0.25) is 0 Å². The highest BCUT2D eigenvalue weighted by atomic mass is 16.6.